The Morgan fingerprint density at radius 2 is 2.06 bits per heavy atom. The van der Waals surface area contributed by atoms with Crippen molar-refractivity contribution in [2.45, 2.75) is 38.6 Å². The highest BCUT2D eigenvalue weighted by molar-refractivity contribution is 5.99. The molecule has 1 aromatic rings. The Hall–Kier alpha value is -1.55. The van der Waals surface area contributed by atoms with Gasteiger partial charge in [-0.1, -0.05) is 18.9 Å². The summed E-state index contributed by atoms with van der Waals surface area (Å²) >= 11 is 0. The zero-order valence-corrected chi connectivity index (χ0v) is 11.1. The van der Waals surface area contributed by atoms with E-state index in [1.54, 1.807) is 0 Å². The summed E-state index contributed by atoms with van der Waals surface area (Å²) in [7, 11) is 1.89. The van der Waals surface area contributed by atoms with Crippen molar-refractivity contribution >= 4 is 11.6 Å². The topological polar surface area (TPSA) is 58.4 Å². The molecule has 0 spiro atoms. The van der Waals surface area contributed by atoms with E-state index in [2.05, 4.69) is 5.43 Å². The number of nitrogens with one attached hydrogen (secondary N) is 1. The van der Waals surface area contributed by atoms with E-state index in [4.69, 9.17) is 5.84 Å². The van der Waals surface area contributed by atoms with Crippen molar-refractivity contribution in [2.75, 3.05) is 12.5 Å². The third-order valence-electron chi connectivity index (χ3n) is 3.75. The minimum atomic E-state index is 0.0508. The van der Waals surface area contributed by atoms with Crippen LogP contribution >= 0.6 is 0 Å². The molecule has 1 aliphatic carbocycles. The van der Waals surface area contributed by atoms with Gasteiger partial charge in [-0.05, 0) is 37.5 Å². The van der Waals surface area contributed by atoms with E-state index in [9.17, 15) is 4.79 Å². The van der Waals surface area contributed by atoms with Gasteiger partial charge in [-0.2, -0.15) is 0 Å². The lowest BCUT2D eigenvalue weighted by Crippen LogP contribution is -2.35. The van der Waals surface area contributed by atoms with Gasteiger partial charge in [0.15, 0.2) is 0 Å². The lowest BCUT2D eigenvalue weighted by molar-refractivity contribution is 0.0736. The Morgan fingerprint density at radius 3 is 2.67 bits per heavy atom. The molecule has 98 valence electrons. The fourth-order valence-electron chi connectivity index (χ4n) is 2.61. The summed E-state index contributed by atoms with van der Waals surface area (Å²) in [5.74, 6) is 5.54. The average Bonchev–Trinajstić information content (AvgIpc) is 2.90. The number of carbonyl (C=O) groups excluding carboxylic acids is 1. The molecule has 0 aliphatic heterocycles. The predicted molar refractivity (Wildman–Crippen MR) is 73.3 cm³/mol. The number of aryl methyl sites for hydroxylation is 1. The van der Waals surface area contributed by atoms with Gasteiger partial charge in [0, 0.05) is 13.1 Å². The van der Waals surface area contributed by atoms with Crippen molar-refractivity contribution in [3.05, 3.63) is 29.3 Å². The molecule has 2 rings (SSSR count). The van der Waals surface area contributed by atoms with Crippen molar-refractivity contribution < 1.29 is 4.79 Å². The molecule has 1 saturated carbocycles. The Labute approximate surface area is 108 Å². The molecule has 1 amide bonds. The van der Waals surface area contributed by atoms with Crippen LogP contribution in [0.3, 0.4) is 0 Å². The van der Waals surface area contributed by atoms with Crippen LogP contribution in [0, 0.1) is 6.92 Å². The van der Waals surface area contributed by atoms with Gasteiger partial charge in [0.25, 0.3) is 5.91 Å². The molecule has 0 unspecified atom stereocenters. The second-order valence-electron chi connectivity index (χ2n) is 5.05. The van der Waals surface area contributed by atoms with Crippen LogP contribution in [0.4, 0.5) is 5.69 Å². The zero-order chi connectivity index (χ0) is 13.1. The summed E-state index contributed by atoms with van der Waals surface area (Å²) in [6, 6.07) is 6.06. The predicted octanol–water partition coefficient (Wildman–Crippen LogP) is 2.30. The molecule has 4 nitrogen and oxygen atoms in total. The van der Waals surface area contributed by atoms with E-state index < -0.39 is 0 Å². The van der Waals surface area contributed by atoms with E-state index >= 15 is 0 Å². The SMILES string of the molecule is Cc1ccc(C(=O)N(C)C2CCCC2)c(NN)c1. The van der Waals surface area contributed by atoms with Crippen molar-refractivity contribution in [3.8, 4) is 0 Å². The number of carbonyl (C=O) groups is 1. The van der Waals surface area contributed by atoms with E-state index in [0.717, 1.165) is 18.4 Å². The fraction of sp³-hybridized carbons (Fsp3) is 0.500. The Balaban J connectivity index is 2.22. The minimum absolute atomic E-state index is 0.0508. The van der Waals surface area contributed by atoms with Gasteiger partial charge < -0.3 is 10.3 Å². The molecular formula is C14H21N3O. The van der Waals surface area contributed by atoms with E-state index in [1.807, 2.05) is 37.1 Å². The summed E-state index contributed by atoms with van der Waals surface area (Å²) < 4.78 is 0. The maximum absolute atomic E-state index is 12.5. The van der Waals surface area contributed by atoms with Crippen LogP contribution in [0.5, 0.6) is 0 Å². The summed E-state index contributed by atoms with van der Waals surface area (Å²) in [6.07, 6.45) is 4.66. The van der Waals surface area contributed by atoms with Crippen molar-refractivity contribution in [1.29, 1.82) is 0 Å². The van der Waals surface area contributed by atoms with Gasteiger partial charge >= 0.3 is 0 Å². The maximum Gasteiger partial charge on any atom is 0.255 e. The summed E-state index contributed by atoms with van der Waals surface area (Å²) in [4.78, 5) is 14.3. The first-order chi connectivity index (χ1) is 8.63. The number of hydrazine groups is 1. The quantitative estimate of drug-likeness (QED) is 0.636. The van der Waals surface area contributed by atoms with Crippen LogP contribution in [-0.4, -0.2) is 23.9 Å². The van der Waals surface area contributed by atoms with Crippen LogP contribution in [0.15, 0.2) is 18.2 Å². The Morgan fingerprint density at radius 1 is 1.39 bits per heavy atom. The van der Waals surface area contributed by atoms with Crippen molar-refractivity contribution in [1.82, 2.24) is 4.90 Å². The molecule has 3 N–H and O–H groups in total. The van der Waals surface area contributed by atoms with Crippen LogP contribution in [0.1, 0.15) is 41.6 Å². The number of hydrogen-bond acceptors (Lipinski definition) is 3. The highest BCUT2D eigenvalue weighted by atomic mass is 16.2. The largest absolute Gasteiger partial charge is 0.339 e. The molecule has 0 bridgehead atoms. The standard InChI is InChI=1S/C14H21N3O/c1-10-7-8-12(13(9-10)16-15)14(18)17(2)11-5-3-4-6-11/h7-9,11,16H,3-6,15H2,1-2H3. The van der Waals surface area contributed by atoms with Crippen LogP contribution in [0.2, 0.25) is 0 Å². The summed E-state index contributed by atoms with van der Waals surface area (Å²) in [5, 5.41) is 0. The number of nitrogens with two attached hydrogens (primary N) is 1. The molecule has 0 heterocycles. The highest BCUT2D eigenvalue weighted by Crippen LogP contribution is 2.25. The van der Waals surface area contributed by atoms with Crippen molar-refractivity contribution in [2.24, 2.45) is 5.84 Å². The number of nitrogen functional groups attached to an aromatic ring is 1. The molecule has 0 atom stereocenters. The molecule has 0 radical (unpaired) electrons. The molecule has 1 aromatic carbocycles. The maximum atomic E-state index is 12.5. The van der Waals surface area contributed by atoms with Gasteiger partial charge in [-0.15, -0.1) is 0 Å². The summed E-state index contributed by atoms with van der Waals surface area (Å²) in [6.45, 7) is 1.98. The van der Waals surface area contributed by atoms with Gasteiger partial charge in [-0.3, -0.25) is 10.6 Å². The highest BCUT2D eigenvalue weighted by Gasteiger charge is 2.25. The molecule has 18 heavy (non-hydrogen) atoms. The number of amides is 1. The van der Waals surface area contributed by atoms with E-state index in [-0.39, 0.29) is 5.91 Å². The van der Waals surface area contributed by atoms with Gasteiger partial charge in [-0.25, -0.2) is 0 Å². The zero-order valence-electron chi connectivity index (χ0n) is 11.1. The third kappa shape index (κ3) is 2.48. The smallest absolute Gasteiger partial charge is 0.255 e. The number of hydrogen-bond donors (Lipinski definition) is 2. The molecular weight excluding hydrogens is 226 g/mol. The first-order valence-corrected chi connectivity index (χ1v) is 6.48. The number of rotatable bonds is 3. The molecule has 1 aliphatic rings. The van der Waals surface area contributed by atoms with Crippen LogP contribution < -0.4 is 11.3 Å². The minimum Gasteiger partial charge on any atom is -0.339 e. The van der Waals surface area contributed by atoms with E-state index in [0.29, 0.717) is 17.3 Å². The van der Waals surface area contributed by atoms with Crippen LogP contribution in [0.25, 0.3) is 0 Å². The number of nitrogens with zero attached hydrogens (tertiary/aromatic N) is 1. The Bertz CT molecular complexity index is 439. The van der Waals surface area contributed by atoms with Crippen molar-refractivity contribution in [3.63, 3.8) is 0 Å². The average molecular weight is 247 g/mol. The monoisotopic (exact) mass is 247 g/mol. The number of anilines is 1. The van der Waals surface area contributed by atoms with Crippen LogP contribution in [-0.2, 0) is 0 Å². The first-order valence-electron chi connectivity index (χ1n) is 6.48. The third-order valence-corrected chi connectivity index (χ3v) is 3.75. The second kappa shape index (κ2) is 5.40. The lowest BCUT2D eigenvalue weighted by Gasteiger charge is -2.25. The lowest BCUT2D eigenvalue weighted by atomic mass is 10.1. The van der Waals surface area contributed by atoms with Gasteiger partial charge in [0.1, 0.15) is 0 Å². The number of benzene rings is 1. The van der Waals surface area contributed by atoms with E-state index in [1.165, 1.54) is 12.8 Å². The summed E-state index contributed by atoms with van der Waals surface area (Å²) in [5.41, 5.74) is 5.05. The van der Waals surface area contributed by atoms with Gasteiger partial charge in [0.05, 0.1) is 11.3 Å². The normalized spacial score (nSPS) is 15.7. The Kier molecular flexibility index (Phi) is 3.87. The molecule has 1 fully saturated rings. The first kappa shape index (κ1) is 12.9. The fourth-order valence-corrected chi connectivity index (χ4v) is 2.61. The molecule has 0 aromatic heterocycles. The molecule has 0 saturated heterocycles. The second-order valence-corrected chi connectivity index (χ2v) is 5.05. The van der Waals surface area contributed by atoms with Gasteiger partial charge in [0.2, 0.25) is 0 Å². The molecule has 4 heteroatoms.